The minimum absolute atomic E-state index is 0.0425. The molecule has 0 amide bonds. The van der Waals surface area contributed by atoms with Gasteiger partial charge in [-0.15, -0.1) is 11.3 Å². The van der Waals surface area contributed by atoms with Crippen molar-refractivity contribution in [3.8, 4) is 0 Å². The Morgan fingerprint density at radius 3 is 2.62 bits per heavy atom. The average molecular weight is 368 g/mol. The van der Waals surface area contributed by atoms with Crippen molar-refractivity contribution in [1.82, 2.24) is 4.98 Å². The molecule has 26 heavy (non-hydrogen) atoms. The molecule has 130 valence electrons. The highest BCUT2D eigenvalue weighted by molar-refractivity contribution is 7.09. The molecule has 1 aliphatic heterocycles. The van der Waals surface area contributed by atoms with E-state index in [4.69, 9.17) is 0 Å². The molecule has 0 fully saturated rings. The van der Waals surface area contributed by atoms with Gasteiger partial charge >= 0.3 is 5.97 Å². The van der Waals surface area contributed by atoms with Crippen LogP contribution in [0.2, 0.25) is 0 Å². The van der Waals surface area contributed by atoms with Gasteiger partial charge in [0.05, 0.1) is 23.1 Å². The number of benzene rings is 2. The number of fused-ring (bicyclic) bond motifs is 1. The molecule has 0 saturated heterocycles. The third kappa shape index (κ3) is 2.66. The van der Waals surface area contributed by atoms with E-state index in [0.717, 1.165) is 5.56 Å². The van der Waals surface area contributed by atoms with E-state index in [-0.39, 0.29) is 22.7 Å². The summed E-state index contributed by atoms with van der Waals surface area (Å²) in [7, 11) is 0. The largest absolute Gasteiger partial charge is 0.478 e. The number of halogens is 1. The molecular weight excluding hydrogens is 355 g/mol. The fraction of sp³-hybridized carbons (Fsp3) is 0.105. The van der Waals surface area contributed by atoms with Gasteiger partial charge in [-0.2, -0.15) is 0 Å². The molecule has 0 bridgehead atoms. The summed E-state index contributed by atoms with van der Waals surface area (Å²) < 4.78 is 13.3. The summed E-state index contributed by atoms with van der Waals surface area (Å²) in [5, 5.41) is 15.1. The number of thiazole rings is 1. The van der Waals surface area contributed by atoms with Gasteiger partial charge in [0.15, 0.2) is 5.78 Å². The number of carboxylic acid groups (broad SMARTS) is 1. The number of carbonyl (C=O) groups excluding carboxylic acids is 1. The zero-order chi connectivity index (χ0) is 18.3. The Kier molecular flexibility index (Phi) is 4.00. The molecule has 1 aromatic heterocycles. The van der Waals surface area contributed by atoms with Crippen molar-refractivity contribution < 1.29 is 19.1 Å². The van der Waals surface area contributed by atoms with Crippen LogP contribution >= 0.6 is 11.3 Å². The van der Waals surface area contributed by atoms with Crippen molar-refractivity contribution in [3.63, 3.8) is 0 Å². The SMILES string of the molecule is O=C(O)c1cccc2c1C(=O)C(c1nccs1)C(c1ccc(F)cc1)N2. The Morgan fingerprint density at radius 2 is 1.96 bits per heavy atom. The Balaban J connectivity index is 1.89. The quantitative estimate of drug-likeness (QED) is 0.727. The topological polar surface area (TPSA) is 79.3 Å². The summed E-state index contributed by atoms with van der Waals surface area (Å²) in [6.45, 7) is 0. The molecule has 0 saturated carbocycles. The number of aromatic nitrogens is 1. The van der Waals surface area contributed by atoms with Crippen LogP contribution < -0.4 is 5.32 Å². The van der Waals surface area contributed by atoms with Crippen LogP contribution in [0.4, 0.5) is 10.1 Å². The molecule has 5 nitrogen and oxygen atoms in total. The number of carboxylic acids is 1. The van der Waals surface area contributed by atoms with Crippen molar-refractivity contribution in [3.05, 3.63) is 81.6 Å². The number of ketones is 1. The molecule has 2 unspecified atom stereocenters. The predicted octanol–water partition coefficient (Wildman–Crippen LogP) is 4.11. The monoisotopic (exact) mass is 368 g/mol. The Hall–Kier alpha value is -3.06. The number of carbonyl (C=O) groups is 2. The lowest BCUT2D eigenvalue weighted by Gasteiger charge is -2.33. The summed E-state index contributed by atoms with van der Waals surface area (Å²) in [6, 6.07) is 10.1. The van der Waals surface area contributed by atoms with Gasteiger partial charge in [0.25, 0.3) is 0 Å². The summed E-state index contributed by atoms with van der Waals surface area (Å²) in [5.41, 5.74) is 1.29. The van der Waals surface area contributed by atoms with E-state index in [1.807, 2.05) is 0 Å². The first-order valence-electron chi connectivity index (χ1n) is 7.88. The van der Waals surface area contributed by atoms with Crippen LogP contribution in [-0.2, 0) is 0 Å². The maximum atomic E-state index is 13.3. The molecule has 1 aliphatic rings. The molecule has 2 atom stereocenters. The van der Waals surface area contributed by atoms with E-state index >= 15 is 0 Å². The number of nitrogens with zero attached hydrogens (tertiary/aromatic N) is 1. The number of hydrogen-bond donors (Lipinski definition) is 2. The van der Waals surface area contributed by atoms with Crippen LogP contribution in [-0.4, -0.2) is 21.8 Å². The van der Waals surface area contributed by atoms with Gasteiger partial charge in [-0.25, -0.2) is 14.2 Å². The second-order valence-electron chi connectivity index (χ2n) is 5.92. The zero-order valence-electron chi connectivity index (χ0n) is 13.3. The molecule has 0 spiro atoms. The number of hydrogen-bond acceptors (Lipinski definition) is 5. The lowest BCUT2D eigenvalue weighted by molar-refractivity contribution is 0.0690. The highest BCUT2D eigenvalue weighted by atomic mass is 32.1. The van der Waals surface area contributed by atoms with Crippen LogP contribution in [0, 0.1) is 5.82 Å². The van der Waals surface area contributed by atoms with Gasteiger partial charge in [-0.3, -0.25) is 4.79 Å². The summed E-state index contributed by atoms with van der Waals surface area (Å²) in [4.78, 5) is 29.1. The van der Waals surface area contributed by atoms with E-state index in [1.54, 1.807) is 35.8 Å². The molecule has 2 heterocycles. The Bertz CT molecular complexity index is 987. The minimum atomic E-state index is -1.16. The molecular formula is C19H13FN2O3S. The van der Waals surface area contributed by atoms with Crippen molar-refractivity contribution >= 4 is 28.8 Å². The standard InChI is InChI=1S/C19H13FN2O3S/c20-11-6-4-10(5-7-11)16-15(18-21-8-9-26-18)17(23)14-12(19(24)25)2-1-3-13(14)22-16/h1-9,15-16,22H,(H,24,25). The van der Waals surface area contributed by atoms with E-state index in [0.29, 0.717) is 10.7 Å². The van der Waals surface area contributed by atoms with Crippen molar-refractivity contribution in [2.45, 2.75) is 12.0 Å². The fourth-order valence-corrected chi connectivity index (χ4v) is 4.04. The van der Waals surface area contributed by atoms with Crippen LogP contribution in [0.3, 0.4) is 0 Å². The fourth-order valence-electron chi connectivity index (χ4n) is 3.26. The van der Waals surface area contributed by atoms with Crippen molar-refractivity contribution in [2.24, 2.45) is 0 Å². The van der Waals surface area contributed by atoms with E-state index in [9.17, 15) is 19.1 Å². The molecule has 3 aromatic rings. The zero-order valence-corrected chi connectivity index (χ0v) is 14.2. The van der Waals surface area contributed by atoms with Gasteiger partial charge < -0.3 is 10.4 Å². The van der Waals surface area contributed by atoms with Gasteiger partial charge in [-0.1, -0.05) is 18.2 Å². The van der Waals surface area contributed by atoms with Crippen molar-refractivity contribution in [2.75, 3.05) is 5.32 Å². The highest BCUT2D eigenvalue weighted by Crippen LogP contribution is 2.43. The third-order valence-electron chi connectivity index (χ3n) is 4.41. The lowest BCUT2D eigenvalue weighted by Crippen LogP contribution is -2.33. The number of nitrogens with one attached hydrogen (secondary N) is 1. The van der Waals surface area contributed by atoms with Gasteiger partial charge in [-0.05, 0) is 29.8 Å². The predicted molar refractivity (Wildman–Crippen MR) is 95.4 cm³/mol. The van der Waals surface area contributed by atoms with Gasteiger partial charge in [0, 0.05) is 17.3 Å². The number of Topliss-reactive ketones (excluding diaryl/α,β-unsaturated/α-hetero) is 1. The summed E-state index contributed by atoms with van der Waals surface area (Å²) in [6.07, 6.45) is 1.60. The Morgan fingerprint density at radius 1 is 1.19 bits per heavy atom. The van der Waals surface area contributed by atoms with Crippen LogP contribution in [0.15, 0.2) is 54.0 Å². The normalized spacial score (nSPS) is 18.9. The maximum absolute atomic E-state index is 13.3. The first kappa shape index (κ1) is 16.4. The maximum Gasteiger partial charge on any atom is 0.336 e. The molecule has 2 aromatic carbocycles. The minimum Gasteiger partial charge on any atom is -0.478 e. The van der Waals surface area contributed by atoms with E-state index < -0.39 is 17.9 Å². The highest BCUT2D eigenvalue weighted by Gasteiger charge is 2.40. The first-order valence-corrected chi connectivity index (χ1v) is 8.76. The van der Waals surface area contributed by atoms with Crippen LogP contribution in [0.1, 0.15) is 43.2 Å². The first-order chi connectivity index (χ1) is 12.6. The molecule has 7 heteroatoms. The van der Waals surface area contributed by atoms with Crippen LogP contribution in [0.5, 0.6) is 0 Å². The lowest BCUT2D eigenvalue weighted by atomic mass is 9.81. The molecule has 4 rings (SSSR count). The molecule has 0 radical (unpaired) electrons. The van der Waals surface area contributed by atoms with Crippen molar-refractivity contribution in [1.29, 1.82) is 0 Å². The number of rotatable bonds is 3. The second kappa shape index (κ2) is 6.34. The summed E-state index contributed by atoms with van der Waals surface area (Å²) in [5.74, 6) is -2.51. The second-order valence-corrected chi connectivity index (χ2v) is 6.85. The van der Waals surface area contributed by atoms with Gasteiger partial charge in [0.2, 0.25) is 0 Å². The third-order valence-corrected chi connectivity index (χ3v) is 5.27. The molecule has 2 N–H and O–H groups in total. The average Bonchev–Trinajstić information content (AvgIpc) is 3.15. The number of aromatic carboxylic acids is 1. The summed E-state index contributed by atoms with van der Waals surface area (Å²) >= 11 is 1.33. The smallest absolute Gasteiger partial charge is 0.336 e. The van der Waals surface area contributed by atoms with E-state index in [1.165, 1.54) is 29.5 Å². The molecule has 0 aliphatic carbocycles. The van der Waals surface area contributed by atoms with Crippen LogP contribution in [0.25, 0.3) is 0 Å². The Labute approximate surface area is 152 Å². The van der Waals surface area contributed by atoms with Gasteiger partial charge in [0.1, 0.15) is 10.8 Å². The van der Waals surface area contributed by atoms with E-state index in [2.05, 4.69) is 10.3 Å². The number of anilines is 1.